The highest BCUT2D eigenvalue weighted by Gasteiger charge is 2.15. The van der Waals surface area contributed by atoms with Gasteiger partial charge in [0.05, 0.1) is 22.0 Å². The van der Waals surface area contributed by atoms with E-state index in [0.717, 1.165) is 11.3 Å². The molecule has 1 aromatic heterocycles. The number of thiazole rings is 1. The van der Waals surface area contributed by atoms with E-state index in [0.29, 0.717) is 37.7 Å². The van der Waals surface area contributed by atoms with Crippen LogP contribution in [0.1, 0.15) is 27.9 Å². The Morgan fingerprint density at radius 2 is 2.14 bits per heavy atom. The Morgan fingerprint density at radius 1 is 1.48 bits per heavy atom. The monoisotopic (exact) mass is 342 g/mol. The highest BCUT2D eigenvalue weighted by Crippen LogP contribution is 2.22. The fraction of sp³-hybridized carbons (Fsp3) is 0.154. The topological polar surface area (TPSA) is 80.4 Å². The van der Waals surface area contributed by atoms with Crippen molar-refractivity contribution in [1.29, 1.82) is 0 Å². The smallest absolute Gasteiger partial charge is 0.283 e. The van der Waals surface area contributed by atoms with E-state index in [1.165, 1.54) is 6.21 Å². The molecule has 0 saturated heterocycles. The SMILES string of the molecule is CCc1nc(N)sc1C(=O)N/N=C/c1c(Cl)cccc1Cl. The molecule has 8 heteroatoms. The van der Waals surface area contributed by atoms with Crippen molar-refractivity contribution < 1.29 is 4.79 Å². The maximum absolute atomic E-state index is 12.0. The van der Waals surface area contributed by atoms with Crippen molar-refractivity contribution in [2.45, 2.75) is 13.3 Å². The molecule has 1 amide bonds. The van der Waals surface area contributed by atoms with Gasteiger partial charge in [-0.1, -0.05) is 47.5 Å². The number of amides is 1. The van der Waals surface area contributed by atoms with E-state index in [9.17, 15) is 4.79 Å². The van der Waals surface area contributed by atoms with Crippen LogP contribution >= 0.6 is 34.5 Å². The predicted octanol–water partition coefficient (Wildman–Crippen LogP) is 3.36. The summed E-state index contributed by atoms with van der Waals surface area (Å²) in [4.78, 5) is 16.6. The molecule has 0 aliphatic rings. The second-order valence-corrected chi connectivity index (χ2v) is 5.86. The Hall–Kier alpha value is -1.63. The highest BCUT2D eigenvalue weighted by atomic mass is 35.5. The van der Waals surface area contributed by atoms with Gasteiger partial charge in [-0.25, -0.2) is 10.4 Å². The van der Waals surface area contributed by atoms with Crippen LogP contribution in [-0.2, 0) is 6.42 Å². The molecular formula is C13H12Cl2N4OS. The van der Waals surface area contributed by atoms with Gasteiger partial charge in [0, 0.05) is 5.56 Å². The van der Waals surface area contributed by atoms with Crippen LogP contribution < -0.4 is 11.2 Å². The molecule has 0 bridgehead atoms. The minimum atomic E-state index is -0.361. The molecular weight excluding hydrogens is 331 g/mol. The lowest BCUT2D eigenvalue weighted by Gasteiger charge is -2.01. The van der Waals surface area contributed by atoms with Crippen LogP contribution in [0.3, 0.4) is 0 Å². The van der Waals surface area contributed by atoms with Crippen LogP contribution in [0.5, 0.6) is 0 Å². The fourth-order valence-electron chi connectivity index (χ4n) is 1.63. The van der Waals surface area contributed by atoms with E-state index >= 15 is 0 Å². The number of anilines is 1. The minimum Gasteiger partial charge on any atom is -0.375 e. The summed E-state index contributed by atoms with van der Waals surface area (Å²) in [5, 5.41) is 5.14. The van der Waals surface area contributed by atoms with Crippen LogP contribution in [0.2, 0.25) is 10.0 Å². The number of nitrogens with one attached hydrogen (secondary N) is 1. The van der Waals surface area contributed by atoms with Gasteiger partial charge in [-0.2, -0.15) is 5.10 Å². The van der Waals surface area contributed by atoms with E-state index in [1.807, 2.05) is 6.92 Å². The van der Waals surface area contributed by atoms with E-state index in [1.54, 1.807) is 18.2 Å². The third-order valence-corrected chi connectivity index (χ3v) is 4.20. The molecule has 1 aromatic carbocycles. The predicted molar refractivity (Wildman–Crippen MR) is 87.4 cm³/mol. The summed E-state index contributed by atoms with van der Waals surface area (Å²) in [6, 6.07) is 5.11. The normalized spacial score (nSPS) is 11.0. The second-order valence-electron chi connectivity index (χ2n) is 4.02. The lowest BCUT2D eigenvalue weighted by Crippen LogP contribution is -2.17. The zero-order valence-corrected chi connectivity index (χ0v) is 13.4. The van der Waals surface area contributed by atoms with Crippen molar-refractivity contribution in [1.82, 2.24) is 10.4 Å². The van der Waals surface area contributed by atoms with Gasteiger partial charge < -0.3 is 5.73 Å². The van der Waals surface area contributed by atoms with Gasteiger partial charge >= 0.3 is 0 Å². The van der Waals surface area contributed by atoms with Crippen LogP contribution in [0.15, 0.2) is 23.3 Å². The van der Waals surface area contributed by atoms with Crippen molar-refractivity contribution in [3.8, 4) is 0 Å². The number of aryl methyl sites for hydroxylation is 1. The van der Waals surface area contributed by atoms with E-state index in [2.05, 4.69) is 15.5 Å². The van der Waals surface area contributed by atoms with Crippen LogP contribution in [0, 0.1) is 0 Å². The molecule has 1 heterocycles. The Labute approximate surface area is 135 Å². The Morgan fingerprint density at radius 3 is 2.76 bits per heavy atom. The number of rotatable bonds is 4. The summed E-state index contributed by atoms with van der Waals surface area (Å²) in [6.07, 6.45) is 2.02. The molecule has 110 valence electrons. The van der Waals surface area contributed by atoms with Crippen molar-refractivity contribution in [2.24, 2.45) is 5.10 Å². The molecule has 0 aliphatic carbocycles. The lowest BCUT2D eigenvalue weighted by atomic mass is 10.2. The van der Waals surface area contributed by atoms with Crippen LogP contribution in [0.25, 0.3) is 0 Å². The first kappa shape index (κ1) is 15.8. The van der Waals surface area contributed by atoms with Gasteiger partial charge in [0.15, 0.2) is 5.13 Å². The molecule has 2 rings (SSSR count). The lowest BCUT2D eigenvalue weighted by molar-refractivity contribution is 0.0958. The van der Waals surface area contributed by atoms with E-state index in [-0.39, 0.29) is 5.91 Å². The van der Waals surface area contributed by atoms with Crippen LogP contribution in [0.4, 0.5) is 5.13 Å². The van der Waals surface area contributed by atoms with Crippen molar-refractivity contribution in [3.05, 3.63) is 44.4 Å². The molecule has 0 aliphatic heterocycles. The summed E-state index contributed by atoms with van der Waals surface area (Å²) < 4.78 is 0. The Bertz CT molecular complexity index is 679. The van der Waals surface area contributed by atoms with Crippen LogP contribution in [-0.4, -0.2) is 17.1 Å². The van der Waals surface area contributed by atoms with E-state index < -0.39 is 0 Å². The second kappa shape index (κ2) is 6.89. The van der Waals surface area contributed by atoms with Gasteiger partial charge in [0.2, 0.25) is 0 Å². The van der Waals surface area contributed by atoms with Gasteiger partial charge in [-0.05, 0) is 18.6 Å². The summed E-state index contributed by atoms with van der Waals surface area (Å²) in [6.45, 7) is 1.90. The molecule has 0 unspecified atom stereocenters. The zero-order chi connectivity index (χ0) is 15.4. The maximum atomic E-state index is 12.0. The minimum absolute atomic E-state index is 0.357. The Kier molecular flexibility index (Phi) is 5.17. The maximum Gasteiger partial charge on any atom is 0.283 e. The molecule has 2 aromatic rings. The number of aromatic nitrogens is 1. The molecule has 0 radical (unpaired) electrons. The summed E-state index contributed by atoms with van der Waals surface area (Å²) in [5.41, 5.74) is 9.22. The molecule has 0 fully saturated rings. The Balaban J connectivity index is 2.12. The third-order valence-electron chi connectivity index (χ3n) is 2.61. The molecule has 3 N–H and O–H groups in total. The fourth-order valence-corrected chi connectivity index (χ4v) is 2.93. The first-order valence-corrected chi connectivity index (χ1v) is 7.62. The van der Waals surface area contributed by atoms with Crippen molar-refractivity contribution >= 4 is 51.8 Å². The van der Waals surface area contributed by atoms with Crippen molar-refractivity contribution in [2.75, 3.05) is 5.73 Å². The van der Waals surface area contributed by atoms with Gasteiger partial charge in [0.25, 0.3) is 5.91 Å². The summed E-state index contributed by atoms with van der Waals surface area (Å²) >= 11 is 13.1. The number of nitrogen functional groups attached to an aromatic ring is 1. The number of hydrogen-bond acceptors (Lipinski definition) is 5. The number of carbonyl (C=O) groups is 1. The number of nitrogens with two attached hydrogens (primary N) is 1. The largest absolute Gasteiger partial charge is 0.375 e. The number of hydrogen-bond donors (Lipinski definition) is 2. The summed E-state index contributed by atoms with van der Waals surface area (Å²) in [7, 11) is 0. The van der Waals surface area contributed by atoms with E-state index in [4.69, 9.17) is 28.9 Å². The quantitative estimate of drug-likeness (QED) is 0.660. The number of halogens is 2. The number of hydrazone groups is 1. The number of benzene rings is 1. The van der Waals surface area contributed by atoms with Gasteiger partial charge in [-0.15, -0.1) is 0 Å². The van der Waals surface area contributed by atoms with Gasteiger partial charge in [0.1, 0.15) is 4.88 Å². The molecule has 0 atom stereocenters. The first-order chi connectivity index (χ1) is 10.0. The molecule has 0 saturated carbocycles. The molecule has 5 nitrogen and oxygen atoms in total. The zero-order valence-electron chi connectivity index (χ0n) is 11.1. The average molecular weight is 343 g/mol. The molecule has 0 spiro atoms. The average Bonchev–Trinajstić information content (AvgIpc) is 2.83. The number of carbonyl (C=O) groups excluding carboxylic acids is 1. The summed E-state index contributed by atoms with van der Waals surface area (Å²) in [5.74, 6) is -0.361. The third kappa shape index (κ3) is 3.72. The number of nitrogens with zero attached hydrogens (tertiary/aromatic N) is 2. The molecule has 21 heavy (non-hydrogen) atoms. The van der Waals surface area contributed by atoms with Gasteiger partial charge in [-0.3, -0.25) is 4.79 Å². The first-order valence-electron chi connectivity index (χ1n) is 6.05. The standard InChI is InChI=1S/C13H12Cl2N4OS/c1-2-10-11(21-13(16)18-10)12(20)19-17-6-7-8(14)4-3-5-9(7)15/h3-6H,2H2,1H3,(H2,16,18)(H,19,20)/b17-6+. The van der Waals surface area contributed by atoms with Crippen molar-refractivity contribution in [3.63, 3.8) is 0 Å². The highest BCUT2D eigenvalue weighted by molar-refractivity contribution is 7.17.